The lowest BCUT2D eigenvalue weighted by atomic mass is 10.2. The Morgan fingerprint density at radius 2 is 1.59 bits per heavy atom. The summed E-state index contributed by atoms with van der Waals surface area (Å²) in [5.41, 5.74) is 1.00. The van der Waals surface area contributed by atoms with E-state index in [1.165, 1.54) is 37.4 Å². The Labute approximate surface area is 165 Å². The minimum atomic E-state index is -0.623. The van der Waals surface area contributed by atoms with Crippen LogP contribution in [0, 0.1) is 5.82 Å². The molecular weight excluding hydrogens is 377 g/mol. The molecular formula is C21H18FN3O4. The van der Waals surface area contributed by atoms with E-state index >= 15 is 0 Å². The first-order chi connectivity index (χ1) is 13.9. The first-order valence-electron chi connectivity index (χ1n) is 8.71. The normalized spacial score (nSPS) is 10.3. The maximum atomic E-state index is 13.0. The molecule has 0 fully saturated rings. The van der Waals surface area contributed by atoms with Crippen molar-refractivity contribution in [1.29, 1.82) is 0 Å². The predicted molar refractivity (Wildman–Crippen MR) is 106 cm³/mol. The lowest BCUT2D eigenvalue weighted by molar-refractivity contribution is -0.114. The molecule has 1 heterocycles. The molecule has 29 heavy (non-hydrogen) atoms. The molecule has 7 nitrogen and oxygen atoms in total. The molecule has 0 aliphatic rings. The number of carbonyl (C=O) groups excluding carboxylic acids is 2. The molecule has 2 N–H and O–H groups in total. The van der Waals surface area contributed by atoms with Crippen LogP contribution in [0.4, 0.5) is 15.8 Å². The van der Waals surface area contributed by atoms with E-state index in [1.54, 1.807) is 36.4 Å². The topological polar surface area (TPSA) is 89.4 Å². The molecule has 0 spiro atoms. The highest BCUT2D eigenvalue weighted by molar-refractivity contribution is 6.04. The summed E-state index contributed by atoms with van der Waals surface area (Å²) in [4.78, 5) is 41.5. The van der Waals surface area contributed by atoms with Crippen LogP contribution in [-0.2, 0) is 11.4 Å². The van der Waals surface area contributed by atoms with E-state index in [1.807, 2.05) is 0 Å². The van der Waals surface area contributed by atoms with Gasteiger partial charge in [0.25, 0.3) is 11.5 Å². The molecule has 0 radical (unpaired) electrons. The number of nitrogens with zero attached hydrogens (tertiary/aromatic N) is 1. The van der Waals surface area contributed by atoms with E-state index in [0.29, 0.717) is 16.9 Å². The van der Waals surface area contributed by atoms with Crippen LogP contribution in [-0.4, -0.2) is 16.5 Å². The first kappa shape index (κ1) is 19.8. The smallest absolute Gasteiger partial charge is 0.295 e. The Morgan fingerprint density at radius 3 is 2.21 bits per heavy atom. The van der Waals surface area contributed by atoms with Crippen molar-refractivity contribution in [3.8, 4) is 0 Å². The lowest BCUT2D eigenvalue weighted by Gasteiger charge is -2.10. The Kier molecular flexibility index (Phi) is 6.03. The van der Waals surface area contributed by atoms with Crippen molar-refractivity contribution >= 4 is 23.2 Å². The number of rotatable bonds is 6. The van der Waals surface area contributed by atoms with Crippen molar-refractivity contribution in [3.63, 3.8) is 0 Å². The van der Waals surface area contributed by atoms with Crippen LogP contribution < -0.4 is 21.0 Å². The Hall–Kier alpha value is -3.94. The van der Waals surface area contributed by atoms with Crippen molar-refractivity contribution in [1.82, 2.24) is 4.73 Å². The summed E-state index contributed by atoms with van der Waals surface area (Å²) in [6.07, 6.45) is 1.39. The van der Waals surface area contributed by atoms with Gasteiger partial charge < -0.3 is 15.5 Å². The fourth-order valence-electron chi connectivity index (χ4n) is 2.51. The molecule has 0 saturated heterocycles. The second-order valence-electron chi connectivity index (χ2n) is 6.17. The molecule has 0 aliphatic heterocycles. The summed E-state index contributed by atoms with van der Waals surface area (Å²) in [5.74, 6) is -1.16. The zero-order valence-corrected chi connectivity index (χ0v) is 15.5. The van der Waals surface area contributed by atoms with Crippen molar-refractivity contribution in [2.45, 2.75) is 13.5 Å². The summed E-state index contributed by atoms with van der Waals surface area (Å²) in [6, 6.07) is 15.1. The number of hydrogen-bond donors (Lipinski definition) is 2. The summed E-state index contributed by atoms with van der Waals surface area (Å²) in [6.45, 7) is 1.43. The van der Waals surface area contributed by atoms with Crippen LogP contribution in [0.5, 0.6) is 0 Å². The van der Waals surface area contributed by atoms with E-state index < -0.39 is 11.5 Å². The van der Waals surface area contributed by atoms with Crippen LogP contribution >= 0.6 is 0 Å². The third kappa shape index (κ3) is 5.29. The first-order valence-corrected chi connectivity index (χ1v) is 8.71. The van der Waals surface area contributed by atoms with E-state index in [4.69, 9.17) is 4.84 Å². The van der Waals surface area contributed by atoms with Gasteiger partial charge in [-0.25, -0.2) is 4.39 Å². The van der Waals surface area contributed by atoms with Gasteiger partial charge in [-0.15, -0.1) is 0 Å². The van der Waals surface area contributed by atoms with Gasteiger partial charge in [-0.3, -0.25) is 14.4 Å². The molecule has 2 aromatic carbocycles. The number of aromatic nitrogens is 1. The summed E-state index contributed by atoms with van der Waals surface area (Å²) in [7, 11) is 0. The summed E-state index contributed by atoms with van der Waals surface area (Å²) in [5, 5.41) is 5.25. The van der Waals surface area contributed by atoms with Crippen LogP contribution in [0.2, 0.25) is 0 Å². The fourth-order valence-corrected chi connectivity index (χ4v) is 2.51. The molecule has 148 valence electrons. The lowest BCUT2D eigenvalue weighted by Crippen LogP contribution is -2.32. The van der Waals surface area contributed by atoms with Gasteiger partial charge in [0.2, 0.25) is 5.91 Å². The highest BCUT2D eigenvalue weighted by Gasteiger charge is 2.13. The SMILES string of the molecule is CC(=O)Nc1ccc(NC(=O)c2cccn(OCc3ccc(F)cc3)c2=O)cc1. The average molecular weight is 395 g/mol. The fraction of sp³-hybridized carbons (Fsp3) is 0.0952. The van der Waals surface area contributed by atoms with Gasteiger partial charge in [-0.05, 0) is 54.1 Å². The Balaban J connectivity index is 1.69. The van der Waals surface area contributed by atoms with Crippen molar-refractivity contribution in [3.05, 3.63) is 94.2 Å². The quantitative estimate of drug-likeness (QED) is 0.672. The largest absolute Gasteiger partial charge is 0.406 e. The van der Waals surface area contributed by atoms with Crippen molar-refractivity contribution in [2.24, 2.45) is 0 Å². The number of pyridine rings is 1. The van der Waals surface area contributed by atoms with Gasteiger partial charge in [0.05, 0.1) is 0 Å². The van der Waals surface area contributed by atoms with Crippen LogP contribution in [0.25, 0.3) is 0 Å². The number of anilines is 2. The second kappa shape index (κ2) is 8.83. The van der Waals surface area contributed by atoms with Gasteiger partial charge in [0, 0.05) is 24.5 Å². The van der Waals surface area contributed by atoms with E-state index in [2.05, 4.69) is 10.6 Å². The van der Waals surface area contributed by atoms with Crippen LogP contribution in [0.3, 0.4) is 0 Å². The number of amides is 2. The maximum Gasteiger partial charge on any atom is 0.295 e. The third-order valence-electron chi connectivity index (χ3n) is 3.91. The van der Waals surface area contributed by atoms with Gasteiger partial charge in [0.15, 0.2) is 0 Å². The van der Waals surface area contributed by atoms with E-state index in [0.717, 1.165) is 4.73 Å². The molecule has 0 bridgehead atoms. The molecule has 0 aliphatic carbocycles. The number of nitrogens with one attached hydrogen (secondary N) is 2. The molecule has 3 rings (SSSR count). The highest BCUT2D eigenvalue weighted by Crippen LogP contribution is 2.14. The number of hydrogen-bond acceptors (Lipinski definition) is 4. The van der Waals surface area contributed by atoms with Gasteiger partial charge >= 0.3 is 0 Å². The van der Waals surface area contributed by atoms with E-state index in [9.17, 15) is 18.8 Å². The molecule has 0 atom stereocenters. The second-order valence-corrected chi connectivity index (χ2v) is 6.17. The maximum absolute atomic E-state index is 13.0. The van der Waals surface area contributed by atoms with Gasteiger partial charge in [-0.2, -0.15) is 4.73 Å². The summed E-state index contributed by atoms with van der Waals surface area (Å²) >= 11 is 0. The zero-order chi connectivity index (χ0) is 20.8. The monoisotopic (exact) mass is 395 g/mol. The Morgan fingerprint density at radius 1 is 0.966 bits per heavy atom. The molecule has 0 unspecified atom stereocenters. The van der Waals surface area contributed by atoms with Crippen LogP contribution in [0.15, 0.2) is 71.7 Å². The summed E-state index contributed by atoms with van der Waals surface area (Å²) < 4.78 is 13.9. The molecule has 3 aromatic rings. The molecule has 8 heteroatoms. The third-order valence-corrected chi connectivity index (χ3v) is 3.91. The molecule has 2 amide bonds. The average Bonchev–Trinajstić information content (AvgIpc) is 2.69. The predicted octanol–water partition coefficient (Wildman–Crippen LogP) is 2.83. The minimum Gasteiger partial charge on any atom is -0.406 e. The van der Waals surface area contributed by atoms with Crippen molar-refractivity contribution in [2.75, 3.05) is 10.6 Å². The van der Waals surface area contributed by atoms with E-state index in [-0.39, 0.29) is 23.9 Å². The minimum absolute atomic E-state index is 0.0376. The van der Waals surface area contributed by atoms with Crippen molar-refractivity contribution < 1.29 is 18.8 Å². The molecule has 0 saturated carbocycles. The van der Waals surface area contributed by atoms with Gasteiger partial charge in [0.1, 0.15) is 18.0 Å². The highest BCUT2D eigenvalue weighted by atomic mass is 19.1. The Bertz CT molecular complexity index is 1080. The number of carbonyl (C=O) groups is 2. The number of halogens is 1. The standard InChI is InChI=1S/C21H18FN3O4/c1-14(26)23-17-8-10-18(11-9-17)24-20(27)19-3-2-12-25(21(19)28)29-13-15-4-6-16(22)7-5-15/h2-12H,13H2,1H3,(H,23,26)(H,24,27). The van der Waals surface area contributed by atoms with Crippen LogP contribution in [0.1, 0.15) is 22.8 Å². The zero-order valence-electron chi connectivity index (χ0n) is 15.5. The van der Waals surface area contributed by atoms with Gasteiger partial charge in [-0.1, -0.05) is 12.1 Å². The molecule has 1 aromatic heterocycles. The number of benzene rings is 2.